The predicted octanol–water partition coefficient (Wildman–Crippen LogP) is 2.32. The van der Waals surface area contributed by atoms with Gasteiger partial charge in [0.1, 0.15) is 5.75 Å². The zero-order valence-corrected chi connectivity index (χ0v) is 12.8. The summed E-state index contributed by atoms with van der Waals surface area (Å²) in [6.45, 7) is 0. The number of fused-ring (bicyclic) bond motifs is 1. The fourth-order valence-corrected chi connectivity index (χ4v) is 2.41. The van der Waals surface area contributed by atoms with Crippen LogP contribution in [-0.2, 0) is 18.3 Å². The molecule has 23 heavy (non-hydrogen) atoms. The second kappa shape index (κ2) is 6.00. The van der Waals surface area contributed by atoms with Gasteiger partial charge in [-0.15, -0.1) is 0 Å². The second-order valence-electron chi connectivity index (χ2n) is 5.15. The summed E-state index contributed by atoms with van der Waals surface area (Å²) >= 11 is 0. The van der Waals surface area contributed by atoms with E-state index in [2.05, 4.69) is 5.32 Å². The lowest BCUT2D eigenvalue weighted by Crippen LogP contribution is -2.15. The van der Waals surface area contributed by atoms with E-state index in [1.54, 1.807) is 44.5 Å². The van der Waals surface area contributed by atoms with Gasteiger partial charge in [0.15, 0.2) is 5.58 Å². The normalized spacial score (nSPS) is 10.7. The molecule has 118 valence electrons. The summed E-state index contributed by atoms with van der Waals surface area (Å²) in [6.07, 6.45) is 0.188. The first kappa shape index (κ1) is 14.9. The minimum absolute atomic E-state index is 0.164. The lowest BCUT2D eigenvalue weighted by molar-refractivity contribution is -0.115. The number of hydrogen-bond donors (Lipinski definition) is 1. The van der Waals surface area contributed by atoms with Crippen molar-refractivity contribution < 1.29 is 13.9 Å². The van der Waals surface area contributed by atoms with Crippen LogP contribution in [0.5, 0.6) is 5.75 Å². The van der Waals surface area contributed by atoms with Crippen LogP contribution in [0, 0.1) is 0 Å². The van der Waals surface area contributed by atoms with E-state index >= 15 is 0 Å². The summed E-state index contributed by atoms with van der Waals surface area (Å²) in [5, 5.41) is 2.82. The van der Waals surface area contributed by atoms with E-state index in [4.69, 9.17) is 9.15 Å². The lowest BCUT2D eigenvalue weighted by atomic mass is 10.1. The van der Waals surface area contributed by atoms with E-state index in [1.165, 1.54) is 4.57 Å². The molecule has 0 saturated carbocycles. The number of carbonyl (C=O) groups is 1. The Balaban J connectivity index is 1.80. The van der Waals surface area contributed by atoms with Crippen LogP contribution in [0.4, 0.5) is 5.69 Å². The maximum atomic E-state index is 12.2. The molecule has 0 aliphatic heterocycles. The van der Waals surface area contributed by atoms with Crippen LogP contribution >= 0.6 is 0 Å². The van der Waals surface area contributed by atoms with E-state index in [0.717, 1.165) is 5.56 Å². The maximum absolute atomic E-state index is 12.2. The first-order chi connectivity index (χ1) is 11.1. The molecule has 1 N–H and O–H groups in total. The summed E-state index contributed by atoms with van der Waals surface area (Å²) in [5.74, 6) is 0.0199. The van der Waals surface area contributed by atoms with Gasteiger partial charge in [0.25, 0.3) is 0 Å². The highest BCUT2D eigenvalue weighted by atomic mass is 16.5. The van der Waals surface area contributed by atoms with Crippen LogP contribution in [0.2, 0.25) is 0 Å². The van der Waals surface area contributed by atoms with E-state index < -0.39 is 5.76 Å². The summed E-state index contributed by atoms with van der Waals surface area (Å²) in [6, 6.07) is 12.5. The van der Waals surface area contributed by atoms with Crippen LogP contribution in [0.15, 0.2) is 51.7 Å². The zero-order valence-electron chi connectivity index (χ0n) is 12.8. The van der Waals surface area contributed by atoms with Gasteiger partial charge in [-0.3, -0.25) is 9.36 Å². The Labute approximate surface area is 132 Å². The average Bonchev–Trinajstić information content (AvgIpc) is 2.83. The number of carbonyl (C=O) groups excluding carboxylic acids is 1. The molecule has 6 heteroatoms. The smallest absolute Gasteiger partial charge is 0.419 e. The van der Waals surface area contributed by atoms with Crippen molar-refractivity contribution in [3.8, 4) is 5.75 Å². The van der Waals surface area contributed by atoms with E-state index in [-0.39, 0.29) is 12.3 Å². The van der Waals surface area contributed by atoms with Crippen LogP contribution in [0.1, 0.15) is 5.56 Å². The number of amides is 1. The molecule has 6 nitrogen and oxygen atoms in total. The van der Waals surface area contributed by atoms with Gasteiger partial charge in [0.05, 0.1) is 24.7 Å². The molecular formula is C17H16N2O4. The number of rotatable bonds is 4. The number of aromatic nitrogens is 1. The number of aryl methyl sites for hydroxylation is 1. The lowest BCUT2D eigenvalue weighted by Gasteiger charge is -2.09. The third kappa shape index (κ3) is 2.96. The Bertz CT molecular complexity index is 924. The molecule has 1 heterocycles. The monoisotopic (exact) mass is 312 g/mol. The number of ether oxygens (including phenoxy) is 1. The van der Waals surface area contributed by atoms with Gasteiger partial charge in [0, 0.05) is 7.05 Å². The number of methoxy groups -OCH3 is 1. The number of oxazole rings is 1. The maximum Gasteiger partial charge on any atom is 0.419 e. The van der Waals surface area contributed by atoms with E-state index in [1.807, 2.05) is 12.1 Å². The Hall–Kier alpha value is -3.02. The summed E-state index contributed by atoms with van der Waals surface area (Å²) in [5.41, 5.74) is 2.59. The Morgan fingerprint density at radius 1 is 1.26 bits per heavy atom. The van der Waals surface area contributed by atoms with E-state index in [0.29, 0.717) is 22.5 Å². The van der Waals surface area contributed by atoms with Crippen LogP contribution in [0.3, 0.4) is 0 Å². The number of para-hydroxylation sites is 2. The Kier molecular flexibility index (Phi) is 3.89. The van der Waals surface area contributed by atoms with Crippen molar-refractivity contribution in [2.24, 2.45) is 7.05 Å². The van der Waals surface area contributed by atoms with Gasteiger partial charge < -0.3 is 14.5 Å². The number of nitrogens with one attached hydrogen (secondary N) is 1. The van der Waals surface area contributed by atoms with E-state index in [9.17, 15) is 9.59 Å². The summed E-state index contributed by atoms with van der Waals surface area (Å²) in [7, 11) is 3.19. The molecule has 0 saturated heterocycles. The number of benzene rings is 2. The molecule has 3 rings (SSSR count). The van der Waals surface area contributed by atoms with Crippen molar-refractivity contribution in [2.75, 3.05) is 12.4 Å². The topological polar surface area (TPSA) is 73.5 Å². The van der Waals surface area contributed by atoms with Crippen molar-refractivity contribution in [3.63, 3.8) is 0 Å². The SMILES string of the molecule is COc1ccccc1NC(=O)Cc1ccc2oc(=O)n(C)c2c1. The number of nitrogens with zero attached hydrogens (tertiary/aromatic N) is 1. The van der Waals surface area contributed by atoms with Crippen LogP contribution in [0.25, 0.3) is 11.1 Å². The molecule has 0 aliphatic rings. The first-order valence-corrected chi connectivity index (χ1v) is 7.10. The minimum Gasteiger partial charge on any atom is -0.495 e. The third-order valence-corrected chi connectivity index (χ3v) is 3.60. The predicted molar refractivity (Wildman–Crippen MR) is 86.8 cm³/mol. The minimum atomic E-state index is -0.421. The molecule has 0 spiro atoms. The molecular weight excluding hydrogens is 296 g/mol. The molecule has 0 bridgehead atoms. The highest BCUT2D eigenvalue weighted by Crippen LogP contribution is 2.23. The van der Waals surface area contributed by atoms with Crippen molar-refractivity contribution in [3.05, 3.63) is 58.6 Å². The molecule has 0 atom stereocenters. The van der Waals surface area contributed by atoms with Gasteiger partial charge in [-0.25, -0.2) is 4.79 Å². The first-order valence-electron chi connectivity index (χ1n) is 7.10. The molecule has 2 aromatic carbocycles. The molecule has 0 radical (unpaired) electrons. The molecule has 0 fully saturated rings. The zero-order chi connectivity index (χ0) is 16.4. The fraction of sp³-hybridized carbons (Fsp3) is 0.176. The van der Waals surface area contributed by atoms with Crippen molar-refractivity contribution in [2.45, 2.75) is 6.42 Å². The quantitative estimate of drug-likeness (QED) is 0.802. The van der Waals surface area contributed by atoms with Crippen molar-refractivity contribution >= 4 is 22.7 Å². The Morgan fingerprint density at radius 2 is 2.04 bits per heavy atom. The number of hydrogen-bond acceptors (Lipinski definition) is 4. The summed E-state index contributed by atoms with van der Waals surface area (Å²) in [4.78, 5) is 23.7. The van der Waals surface area contributed by atoms with Crippen molar-refractivity contribution in [1.29, 1.82) is 0 Å². The van der Waals surface area contributed by atoms with Crippen LogP contribution < -0.4 is 15.8 Å². The largest absolute Gasteiger partial charge is 0.495 e. The van der Waals surface area contributed by atoms with Gasteiger partial charge in [-0.05, 0) is 29.8 Å². The molecule has 1 aromatic heterocycles. The standard InChI is InChI=1S/C17H16N2O4/c1-19-13-9-11(7-8-15(13)23-17(19)21)10-16(20)18-12-5-3-4-6-14(12)22-2/h3-9H,10H2,1-2H3,(H,18,20). The van der Waals surface area contributed by atoms with Gasteiger partial charge in [0.2, 0.25) is 5.91 Å². The second-order valence-corrected chi connectivity index (χ2v) is 5.15. The average molecular weight is 312 g/mol. The third-order valence-electron chi connectivity index (χ3n) is 3.60. The Morgan fingerprint density at radius 3 is 2.83 bits per heavy atom. The highest BCUT2D eigenvalue weighted by molar-refractivity contribution is 5.94. The number of anilines is 1. The molecule has 0 aliphatic carbocycles. The van der Waals surface area contributed by atoms with Crippen LogP contribution in [-0.4, -0.2) is 17.6 Å². The van der Waals surface area contributed by atoms with Gasteiger partial charge >= 0.3 is 5.76 Å². The van der Waals surface area contributed by atoms with Gasteiger partial charge in [-0.1, -0.05) is 18.2 Å². The molecule has 0 unspecified atom stereocenters. The molecule has 1 amide bonds. The summed E-state index contributed by atoms with van der Waals surface area (Å²) < 4.78 is 11.7. The van der Waals surface area contributed by atoms with Gasteiger partial charge in [-0.2, -0.15) is 0 Å². The fourth-order valence-electron chi connectivity index (χ4n) is 2.41. The highest BCUT2D eigenvalue weighted by Gasteiger charge is 2.11. The van der Waals surface area contributed by atoms with Crippen molar-refractivity contribution in [1.82, 2.24) is 4.57 Å². The molecule has 3 aromatic rings.